The summed E-state index contributed by atoms with van der Waals surface area (Å²) in [5.74, 6) is 0.0702. The van der Waals surface area contributed by atoms with Crippen molar-refractivity contribution in [2.75, 3.05) is 5.32 Å². The molecule has 1 aromatic rings. The number of ether oxygens (including phenoxy) is 1. The van der Waals surface area contributed by atoms with Gasteiger partial charge in [-0.2, -0.15) is 0 Å². The minimum absolute atomic E-state index is 0.0702. The zero-order valence-electron chi connectivity index (χ0n) is 8.87. The Balaban J connectivity index is 2.63. The minimum atomic E-state index is -0.619. The van der Waals surface area contributed by atoms with Crippen molar-refractivity contribution in [1.29, 1.82) is 0 Å². The normalized spacial score (nSPS) is 10.9. The molecule has 1 amide bonds. The molecule has 5 heteroatoms. The number of carbonyl (C=O) groups is 2. The number of rotatable bonds is 2. The first-order valence-electron chi connectivity index (χ1n) is 4.45. The van der Waals surface area contributed by atoms with Gasteiger partial charge in [-0.3, -0.25) is 10.1 Å². The lowest BCUT2D eigenvalue weighted by Gasteiger charge is -2.19. The maximum Gasteiger partial charge on any atom is 0.412 e. The summed E-state index contributed by atoms with van der Waals surface area (Å²) in [6.45, 7) is 5.26. The van der Waals surface area contributed by atoms with Crippen LogP contribution >= 0.6 is 0 Å². The predicted molar refractivity (Wildman–Crippen MR) is 54.0 cm³/mol. The van der Waals surface area contributed by atoms with Crippen molar-refractivity contribution < 1.29 is 18.7 Å². The van der Waals surface area contributed by atoms with Crippen LogP contribution in [0.15, 0.2) is 16.7 Å². The number of hydrogen-bond acceptors (Lipinski definition) is 4. The van der Waals surface area contributed by atoms with Crippen LogP contribution in [0.3, 0.4) is 0 Å². The third-order valence-corrected chi connectivity index (χ3v) is 1.44. The van der Waals surface area contributed by atoms with E-state index < -0.39 is 11.7 Å². The summed E-state index contributed by atoms with van der Waals surface area (Å²) in [4.78, 5) is 21.8. The lowest BCUT2D eigenvalue weighted by atomic mass is 10.2. The second-order valence-electron chi connectivity index (χ2n) is 3.94. The van der Waals surface area contributed by atoms with Gasteiger partial charge in [-0.1, -0.05) is 0 Å². The minimum Gasteiger partial charge on any atom is -0.459 e. The van der Waals surface area contributed by atoms with E-state index in [0.29, 0.717) is 12.0 Å². The van der Waals surface area contributed by atoms with Crippen LogP contribution in [0.2, 0.25) is 0 Å². The molecule has 15 heavy (non-hydrogen) atoms. The van der Waals surface area contributed by atoms with Crippen LogP contribution in [0.4, 0.5) is 10.5 Å². The van der Waals surface area contributed by atoms with E-state index in [0.717, 1.165) is 0 Å². The number of furan rings is 1. The van der Waals surface area contributed by atoms with Crippen LogP contribution in [-0.2, 0) is 4.74 Å². The van der Waals surface area contributed by atoms with Crippen molar-refractivity contribution >= 4 is 18.1 Å². The first kappa shape index (κ1) is 11.3. The van der Waals surface area contributed by atoms with Crippen LogP contribution in [0, 0.1) is 0 Å². The summed E-state index contributed by atoms with van der Waals surface area (Å²) >= 11 is 0. The lowest BCUT2D eigenvalue weighted by Crippen LogP contribution is -2.27. The molecule has 0 atom stereocenters. The van der Waals surface area contributed by atoms with Gasteiger partial charge >= 0.3 is 6.09 Å². The van der Waals surface area contributed by atoms with E-state index in [4.69, 9.17) is 9.15 Å². The smallest absolute Gasteiger partial charge is 0.412 e. The zero-order chi connectivity index (χ0) is 11.5. The quantitative estimate of drug-likeness (QED) is 0.763. The van der Waals surface area contributed by atoms with E-state index in [-0.39, 0.29) is 5.76 Å². The molecule has 1 heterocycles. The van der Waals surface area contributed by atoms with E-state index >= 15 is 0 Å². The van der Waals surface area contributed by atoms with Gasteiger partial charge in [0.1, 0.15) is 5.60 Å². The van der Waals surface area contributed by atoms with E-state index in [9.17, 15) is 9.59 Å². The summed E-state index contributed by atoms with van der Waals surface area (Å²) in [5.41, 5.74) is -0.269. The number of hydrogen-bond donors (Lipinski definition) is 1. The van der Waals surface area contributed by atoms with Crippen molar-refractivity contribution in [1.82, 2.24) is 0 Å². The van der Waals surface area contributed by atoms with Crippen molar-refractivity contribution in [3.63, 3.8) is 0 Å². The molecular formula is C10H13NO4. The molecule has 0 spiro atoms. The summed E-state index contributed by atoms with van der Waals surface area (Å²) in [6, 6.07) is 1.48. The van der Waals surface area contributed by atoms with E-state index in [1.807, 2.05) is 0 Å². The molecule has 0 saturated carbocycles. The van der Waals surface area contributed by atoms with Gasteiger partial charge in [-0.05, 0) is 20.8 Å². The number of carbonyl (C=O) groups excluding carboxylic acids is 2. The zero-order valence-corrected chi connectivity index (χ0v) is 8.87. The number of aldehydes is 1. The molecule has 0 aliphatic carbocycles. The van der Waals surface area contributed by atoms with Crippen LogP contribution in [0.25, 0.3) is 0 Å². The maximum atomic E-state index is 11.3. The summed E-state index contributed by atoms with van der Waals surface area (Å²) < 4.78 is 9.81. The van der Waals surface area contributed by atoms with Crippen molar-refractivity contribution in [3.05, 3.63) is 18.1 Å². The molecular weight excluding hydrogens is 198 g/mol. The SMILES string of the molecule is CC(C)(C)OC(=O)Nc1ccoc1C=O. The molecule has 0 bridgehead atoms. The Morgan fingerprint density at radius 2 is 2.20 bits per heavy atom. The first-order chi connectivity index (χ1) is 6.92. The molecule has 0 saturated heterocycles. The predicted octanol–water partition coefficient (Wildman–Crippen LogP) is 2.44. The molecule has 1 aromatic heterocycles. The van der Waals surface area contributed by atoms with Gasteiger partial charge < -0.3 is 9.15 Å². The van der Waals surface area contributed by atoms with Crippen LogP contribution < -0.4 is 5.32 Å². The monoisotopic (exact) mass is 211 g/mol. The van der Waals surface area contributed by atoms with Gasteiger partial charge in [0.05, 0.1) is 12.0 Å². The summed E-state index contributed by atoms with van der Waals surface area (Å²) in [7, 11) is 0. The standard InChI is InChI=1S/C10H13NO4/c1-10(2,3)15-9(13)11-7-4-5-14-8(7)6-12/h4-6H,1-3H3,(H,11,13). The fraction of sp³-hybridized carbons (Fsp3) is 0.400. The average molecular weight is 211 g/mol. The number of amides is 1. The second kappa shape index (κ2) is 4.16. The molecule has 0 aromatic carbocycles. The molecule has 1 N–H and O–H groups in total. The van der Waals surface area contributed by atoms with E-state index in [1.54, 1.807) is 20.8 Å². The Morgan fingerprint density at radius 1 is 1.53 bits per heavy atom. The highest BCUT2D eigenvalue weighted by molar-refractivity contribution is 5.91. The van der Waals surface area contributed by atoms with Crippen molar-refractivity contribution in [2.24, 2.45) is 0 Å². The Kier molecular flexibility index (Phi) is 3.14. The molecule has 1 rings (SSSR count). The van der Waals surface area contributed by atoms with Gasteiger partial charge in [0.2, 0.25) is 0 Å². The lowest BCUT2D eigenvalue weighted by molar-refractivity contribution is 0.0636. The third kappa shape index (κ3) is 3.46. The number of anilines is 1. The average Bonchev–Trinajstić information content (AvgIpc) is 2.48. The first-order valence-corrected chi connectivity index (χ1v) is 4.45. The Labute approximate surface area is 87.4 Å². The maximum absolute atomic E-state index is 11.3. The molecule has 0 aliphatic heterocycles. The molecule has 0 fully saturated rings. The van der Waals surface area contributed by atoms with Gasteiger partial charge in [-0.25, -0.2) is 4.79 Å². The highest BCUT2D eigenvalue weighted by Crippen LogP contribution is 2.16. The molecule has 0 aliphatic rings. The van der Waals surface area contributed by atoms with Crippen LogP contribution in [0.5, 0.6) is 0 Å². The van der Waals surface area contributed by atoms with Crippen LogP contribution in [0.1, 0.15) is 31.3 Å². The van der Waals surface area contributed by atoms with E-state index in [1.165, 1.54) is 12.3 Å². The highest BCUT2D eigenvalue weighted by atomic mass is 16.6. The van der Waals surface area contributed by atoms with Gasteiger partial charge in [-0.15, -0.1) is 0 Å². The summed E-state index contributed by atoms with van der Waals surface area (Å²) in [6.07, 6.45) is 1.22. The second-order valence-corrected chi connectivity index (χ2v) is 3.94. The third-order valence-electron chi connectivity index (χ3n) is 1.44. The summed E-state index contributed by atoms with van der Waals surface area (Å²) in [5, 5.41) is 2.41. The largest absolute Gasteiger partial charge is 0.459 e. The fourth-order valence-corrected chi connectivity index (χ4v) is 0.929. The molecule has 5 nitrogen and oxygen atoms in total. The highest BCUT2D eigenvalue weighted by Gasteiger charge is 2.17. The van der Waals surface area contributed by atoms with E-state index in [2.05, 4.69) is 5.32 Å². The Hall–Kier alpha value is -1.78. The Morgan fingerprint density at radius 3 is 2.73 bits per heavy atom. The van der Waals surface area contributed by atoms with Crippen molar-refractivity contribution in [2.45, 2.75) is 26.4 Å². The molecule has 0 unspecified atom stereocenters. The van der Waals surface area contributed by atoms with Gasteiger partial charge in [0.15, 0.2) is 12.0 Å². The van der Waals surface area contributed by atoms with Crippen LogP contribution in [-0.4, -0.2) is 18.0 Å². The van der Waals surface area contributed by atoms with Crippen molar-refractivity contribution in [3.8, 4) is 0 Å². The molecule has 82 valence electrons. The Bertz CT molecular complexity index is 362. The molecule has 0 radical (unpaired) electrons. The number of nitrogens with one attached hydrogen (secondary N) is 1. The van der Waals surface area contributed by atoms with Gasteiger partial charge in [0, 0.05) is 6.07 Å². The van der Waals surface area contributed by atoms with Gasteiger partial charge in [0.25, 0.3) is 0 Å². The fourth-order valence-electron chi connectivity index (χ4n) is 0.929. The topological polar surface area (TPSA) is 68.5 Å².